The molecular weight excluding hydrogens is 437 g/mol. The van der Waals surface area contributed by atoms with Crippen LogP contribution in [0.15, 0.2) is 0 Å². The Balaban J connectivity index is 0.000000245. The molecule has 2 saturated heterocycles. The van der Waals surface area contributed by atoms with Crippen molar-refractivity contribution in [2.24, 2.45) is 0 Å². The van der Waals surface area contributed by atoms with Crippen molar-refractivity contribution in [2.75, 3.05) is 26.2 Å². The van der Waals surface area contributed by atoms with Crippen molar-refractivity contribution in [1.29, 1.82) is 0 Å². The summed E-state index contributed by atoms with van der Waals surface area (Å²) in [7, 11) is 14.8. The SMILES string of the molecule is C1CN[C](=[Ru]=[C]2NCCN2)N1.[Cl][Ru]([Cl])[Cl]. The first-order valence-corrected chi connectivity index (χ1v) is 12.6. The third kappa shape index (κ3) is 7.59. The van der Waals surface area contributed by atoms with Crippen molar-refractivity contribution in [3.05, 3.63) is 0 Å². The molecule has 0 unspecified atom stereocenters. The van der Waals surface area contributed by atoms with Gasteiger partial charge in [-0.1, -0.05) is 0 Å². The van der Waals surface area contributed by atoms with E-state index in [9.17, 15) is 0 Å². The van der Waals surface area contributed by atoms with E-state index in [2.05, 4.69) is 21.3 Å². The number of nitrogens with one attached hydrogen (secondary N) is 4. The Morgan fingerprint density at radius 2 is 1.07 bits per heavy atom. The van der Waals surface area contributed by atoms with E-state index in [0.29, 0.717) is 0 Å². The van der Waals surface area contributed by atoms with Gasteiger partial charge in [-0.25, -0.2) is 0 Å². The van der Waals surface area contributed by atoms with Gasteiger partial charge in [-0.3, -0.25) is 0 Å². The molecule has 93 valence electrons. The second-order valence-corrected chi connectivity index (χ2v) is 12.6. The van der Waals surface area contributed by atoms with E-state index in [1.807, 2.05) is 0 Å². The Hall–Kier alpha value is 1.70. The van der Waals surface area contributed by atoms with Crippen LogP contribution < -0.4 is 21.3 Å². The topological polar surface area (TPSA) is 48.1 Å². The van der Waals surface area contributed by atoms with Gasteiger partial charge in [-0.15, -0.1) is 0 Å². The second kappa shape index (κ2) is 8.74. The van der Waals surface area contributed by atoms with Crippen LogP contribution in [-0.4, -0.2) is 34.9 Å². The van der Waals surface area contributed by atoms with Crippen LogP contribution in [0.3, 0.4) is 0 Å². The van der Waals surface area contributed by atoms with Gasteiger partial charge in [0.15, 0.2) is 0 Å². The Kier molecular flexibility index (Phi) is 8.60. The quantitative estimate of drug-likeness (QED) is 0.384. The van der Waals surface area contributed by atoms with Crippen LogP contribution in [0.4, 0.5) is 0 Å². The summed E-state index contributed by atoms with van der Waals surface area (Å²) in [5.74, 6) is 0. The number of halogens is 3. The summed E-state index contributed by atoms with van der Waals surface area (Å²) in [6.07, 6.45) is 0. The zero-order chi connectivity index (χ0) is 11.1. The molecule has 0 radical (unpaired) electrons. The molecule has 0 spiro atoms. The number of rotatable bonds is 0. The van der Waals surface area contributed by atoms with E-state index < -0.39 is 13.0 Å². The van der Waals surface area contributed by atoms with E-state index in [1.165, 1.54) is 8.71 Å². The van der Waals surface area contributed by atoms with Crippen molar-refractivity contribution in [3.8, 4) is 0 Å². The van der Waals surface area contributed by atoms with Crippen LogP contribution in [0.1, 0.15) is 0 Å². The molecule has 0 amide bonds. The average Bonchev–Trinajstić information content (AvgIpc) is 2.76. The summed E-state index contributed by atoms with van der Waals surface area (Å²) in [5, 5.41) is 13.3. The third-order valence-electron chi connectivity index (χ3n) is 1.53. The zero-order valence-corrected chi connectivity index (χ0v) is 13.4. The molecule has 0 aromatic carbocycles. The molecule has 9 heteroatoms. The van der Waals surface area contributed by atoms with Crippen LogP contribution in [0, 0.1) is 0 Å². The number of hydrogen-bond donors (Lipinski definition) is 4. The van der Waals surface area contributed by atoms with Gasteiger partial charge in [0.25, 0.3) is 0 Å². The first kappa shape index (κ1) is 14.8. The van der Waals surface area contributed by atoms with Crippen LogP contribution in [0.2, 0.25) is 0 Å². The van der Waals surface area contributed by atoms with Gasteiger partial charge >= 0.3 is 114 Å². The molecule has 0 atom stereocenters. The Bertz CT molecular complexity index is 228. The first-order valence-electron chi connectivity index (χ1n) is 4.17. The Morgan fingerprint density at radius 3 is 1.33 bits per heavy atom. The maximum absolute atomic E-state index is 4.95. The minimum absolute atomic E-state index is 0.182. The molecule has 2 aliphatic rings. The zero-order valence-electron chi connectivity index (χ0n) is 7.67. The monoisotopic (exact) mass is 449 g/mol. The van der Waals surface area contributed by atoms with E-state index >= 15 is 0 Å². The van der Waals surface area contributed by atoms with Crippen LogP contribution in [0.25, 0.3) is 0 Å². The molecule has 2 fully saturated rings. The molecule has 0 aromatic rings. The summed E-state index contributed by atoms with van der Waals surface area (Å²) in [6.45, 7) is 4.32. The average molecular weight is 449 g/mol. The van der Waals surface area contributed by atoms with Crippen molar-refractivity contribution >= 4 is 37.8 Å². The van der Waals surface area contributed by atoms with Crippen molar-refractivity contribution in [2.45, 2.75) is 0 Å². The molecule has 4 N–H and O–H groups in total. The van der Waals surface area contributed by atoms with E-state index in [-0.39, 0.29) is 16.2 Å². The van der Waals surface area contributed by atoms with Crippen molar-refractivity contribution in [1.82, 2.24) is 21.3 Å². The van der Waals surface area contributed by atoms with E-state index in [0.717, 1.165) is 26.2 Å². The van der Waals surface area contributed by atoms with Gasteiger partial charge < -0.3 is 0 Å². The van der Waals surface area contributed by atoms with Crippen LogP contribution in [0.5, 0.6) is 0 Å². The fourth-order valence-corrected chi connectivity index (χ4v) is 2.93. The van der Waals surface area contributed by atoms with Gasteiger partial charge in [0.2, 0.25) is 0 Å². The van der Waals surface area contributed by atoms with Gasteiger partial charge in [0, 0.05) is 0 Å². The summed E-state index contributed by atoms with van der Waals surface area (Å²) in [4.78, 5) is 0. The van der Waals surface area contributed by atoms with Crippen molar-refractivity contribution in [3.63, 3.8) is 0 Å². The first-order chi connectivity index (χ1) is 7.18. The standard InChI is InChI=1S/2C3H6N2.3ClH.2Ru/c2*1-2-5-3-4-1;;;;;/h2*4-5H,1-2H2;3*1H;;/q;;;;;;+3/p-3. The molecule has 2 aliphatic heterocycles. The maximum atomic E-state index is 4.95. The predicted molar refractivity (Wildman–Crippen MR) is 59.6 cm³/mol. The Morgan fingerprint density at radius 1 is 0.800 bits per heavy atom. The molecule has 2 heterocycles. The molecule has 0 aliphatic carbocycles. The summed E-state index contributed by atoms with van der Waals surface area (Å²) in [5.41, 5.74) is 0. The molecule has 2 rings (SSSR count). The van der Waals surface area contributed by atoms with E-state index in [4.69, 9.17) is 29.1 Å². The van der Waals surface area contributed by atoms with Gasteiger partial charge in [0.05, 0.1) is 0 Å². The van der Waals surface area contributed by atoms with Crippen molar-refractivity contribution < 1.29 is 29.2 Å². The number of hydrogen-bond acceptors (Lipinski definition) is 4. The Labute approximate surface area is 113 Å². The van der Waals surface area contributed by atoms with E-state index in [1.54, 1.807) is 0 Å². The summed E-state index contributed by atoms with van der Waals surface area (Å²) >= 11 is -1.57. The van der Waals surface area contributed by atoms with Crippen LogP contribution in [-0.2, 0) is 29.2 Å². The fourth-order valence-electron chi connectivity index (χ4n) is 1.02. The molecule has 0 aromatic heterocycles. The summed E-state index contributed by atoms with van der Waals surface area (Å²) in [6, 6.07) is 0. The predicted octanol–water partition coefficient (Wildman–Crippen LogP) is -0.305. The third-order valence-corrected chi connectivity index (χ3v) is 3.63. The molecule has 0 saturated carbocycles. The minimum atomic E-state index is -1.75. The van der Waals surface area contributed by atoms with Gasteiger partial charge in [-0.05, 0) is 0 Å². The fraction of sp³-hybridized carbons (Fsp3) is 0.667. The van der Waals surface area contributed by atoms with Gasteiger partial charge in [0.1, 0.15) is 0 Å². The summed E-state index contributed by atoms with van der Waals surface area (Å²) < 4.78 is 2.66. The molecule has 4 nitrogen and oxygen atoms in total. The molecular formula is C6H12Cl3N4Ru2. The normalized spacial score (nSPS) is 21.4. The molecule has 0 bridgehead atoms. The molecule has 15 heavy (non-hydrogen) atoms. The van der Waals surface area contributed by atoms with Gasteiger partial charge in [-0.2, -0.15) is 0 Å². The second-order valence-electron chi connectivity index (χ2n) is 2.55. The van der Waals surface area contributed by atoms with Crippen LogP contribution >= 0.6 is 29.1 Å².